The highest BCUT2D eigenvalue weighted by atomic mass is 16.4. The third kappa shape index (κ3) is 2.10. The van der Waals surface area contributed by atoms with Crippen LogP contribution in [0.1, 0.15) is 44.3 Å². The molecule has 1 aromatic carbocycles. The van der Waals surface area contributed by atoms with Gasteiger partial charge in [-0.25, -0.2) is 4.79 Å². The standard InChI is InChI=1S/C15H19NO3/c1-2-8-16-12-7-6-11(9-13(12)19-15(16)18)14(17)10-4-3-5-10/h6-7,9-10,14,17H,2-5,8H2,1H3. The van der Waals surface area contributed by atoms with E-state index in [0.29, 0.717) is 18.0 Å². The van der Waals surface area contributed by atoms with E-state index in [1.54, 1.807) is 4.57 Å². The SMILES string of the molecule is CCCn1c(=O)oc2cc(C(O)C3CCC3)ccc21. The van der Waals surface area contributed by atoms with Gasteiger partial charge in [-0.1, -0.05) is 19.4 Å². The Morgan fingerprint density at radius 3 is 2.89 bits per heavy atom. The Hall–Kier alpha value is -1.55. The van der Waals surface area contributed by atoms with Crippen LogP contribution in [0.15, 0.2) is 27.4 Å². The van der Waals surface area contributed by atoms with E-state index in [-0.39, 0.29) is 5.76 Å². The first kappa shape index (κ1) is 12.5. The molecule has 1 aliphatic rings. The third-order valence-corrected chi connectivity index (χ3v) is 4.08. The predicted molar refractivity (Wildman–Crippen MR) is 73.1 cm³/mol. The summed E-state index contributed by atoms with van der Waals surface area (Å²) in [7, 11) is 0. The lowest BCUT2D eigenvalue weighted by Crippen LogP contribution is -2.19. The quantitative estimate of drug-likeness (QED) is 0.920. The molecule has 0 radical (unpaired) electrons. The van der Waals surface area contributed by atoms with E-state index in [1.807, 2.05) is 25.1 Å². The number of aliphatic hydroxyl groups excluding tert-OH is 1. The number of hydrogen-bond donors (Lipinski definition) is 1. The second kappa shape index (κ2) is 4.85. The van der Waals surface area contributed by atoms with Crippen molar-refractivity contribution in [2.45, 2.75) is 45.3 Å². The minimum atomic E-state index is -0.432. The normalized spacial score (nSPS) is 17.6. The van der Waals surface area contributed by atoms with Crippen molar-refractivity contribution in [2.75, 3.05) is 0 Å². The molecule has 1 aromatic heterocycles. The van der Waals surface area contributed by atoms with Crippen LogP contribution in [0.4, 0.5) is 0 Å². The van der Waals surface area contributed by atoms with Crippen molar-refractivity contribution in [2.24, 2.45) is 5.92 Å². The Labute approximate surface area is 111 Å². The lowest BCUT2D eigenvalue weighted by molar-refractivity contribution is 0.0621. The minimum absolute atomic E-state index is 0.313. The number of nitrogens with zero attached hydrogens (tertiary/aromatic N) is 1. The minimum Gasteiger partial charge on any atom is -0.408 e. The molecule has 1 atom stereocenters. The highest BCUT2D eigenvalue weighted by Crippen LogP contribution is 2.38. The zero-order valence-corrected chi connectivity index (χ0v) is 11.1. The molecule has 19 heavy (non-hydrogen) atoms. The number of aryl methyl sites for hydroxylation is 1. The maximum absolute atomic E-state index is 11.7. The second-order valence-corrected chi connectivity index (χ2v) is 5.38. The summed E-state index contributed by atoms with van der Waals surface area (Å²) in [6.07, 6.45) is 3.82. The number of oxazole rings is 1. The van der Waals surface area contributed by atoms with Crippen molar-refractivity contribution in [1.82, 2.24) is 4.57 Å². The van der Waals surface area contributed by atoms with Gasteiger partial charge in [-0.05, 0) is 42.9 Å². The van der Waals surface area contributed by atoms with Crippen LogP contribution < -0.4 is 5.76 Å². The Bertz CT molecular complexity index is 636. The van der Waals surface area contributed by atoms with E-state index in [0.717, 1.165) is 30.3 Å². The zero-order chi connectivity index (χ0) is 13.4. The summed E-state index contributed by atoms with van der Waals surface area (Å²) < 4.78 is 6.92. The van der Waals surface area contributed by atoms with E-state index < -0.39 is 6.10 Å². The van der Waals surface area contributed by atoms with Gasteiger partial charge in [0, 0.05) is 6.54 Å². The summed E-state index contributed by atoms with van der Waals surface area (Å²) in [4.78, 5) is 11.7. The fraction of sp³-hybridized carbons (Fsp3) is 0.533. The Morgan fingerprint density at radius 1 is 1.47 bits per heavy atom. The third-order valence-electron chi connectivity index (χ3n) is 4.08. The number of fused-ring (bicyclic) bond motifs is 1. The van der Waals surface area contributed by atoms with Gasteiger partial charge in [0.05, 0.1) is 11.6 Å². The van der Waals surface area contributed by atoms with Gasteiger partial charge in [0.15, 0.2) is 5.58 Å². The largest absolute Gasteiger partial charge is 0.419 e. The number of aliphatic hydroxyl groups is 1. The zero-order valence-electron chi connectivity index (χ0n) is 11.1. The molecule has 0 amide bonds. The number of hydrogen-bond acceptors (Lipinski definition) is 3. The van der Waals surface area contributed by atoms with E-state index in [2.05, 4.69) is 0 Å². The summed E-state index contributed by atoms with van der Waals surface area (Å²) in [5.74, 6) is 0.0500. The first-order chi connectivity index (χ1) is 9.20. The number of benzene rings is 1. The highest BCUT2D eigenvalue weighted by Gasteiger charge is 2.27. The van der Waals surface area contributed by atoms with Gasteiger partial charge in [-0.15, -0.1) is 0 Å². The molecule has 1 unspecified atom stereocenters. The molecule has 102 valence electrons. The van der Waals surface area contributed by atoms with Gasteiger partial charge in [-0.2, -0.15) is 0 Å². The number of rotatable bonds is 4. The maximum atomic E-state index is 11.7. The van der Waals surface area contributed by atoms with Gasteiger partial charge in [0.2, 0.25) is 0 Å². The van der Waals surface area contributed by atoms with Crippen molar-refractivity contribution in [3.8, 4) is 0 Å². The molecule has 1 fully saturated rings. The molecule has 4 nitrogen and oxygen atoms in total. The van der Waals surface area contributed by atoms with Crippen LogP contribution in [-0.4, -0.2) is 9.67 Å². The van der Waals surface area contributed by atoms with Gasteiger partial charge < -0.3 is 9.52 Å². The summed E-state index contributed by atoms with van der Waals surface area (Å²) in [6, 6.07) is 5.60. The molecule has 0 bridgehead atoms. The lowest BCUT2D eigenvalue weighted by atomic mass is 9.79. The second-order valence-electron chi connectivity index (χ2n) is 5.38. The molecule has 1 aliphatic carbocycles. The van der Waals surface area contributed by atoms with Crippen LogP contribution in [0, 0.1) is 5.92 Å². The van der Waals surface area contributed by atoms with Crippen molar-refractivity contribution < 1.29 is 9.52 Å². The molecule has 0 aliphatic heterocycles. The van der Waals surface area contributed by atoms with Crippen LogP contribution in [-0.2, 0) is 6.54 Å². The highest BCUT2D eigenvalue weighted by molar-refractivity contribution is 5.73. The summed E-state index contributed by atoms with van der Waals surface area (Å²) in [5.41, 5.74) is 2.25. The van der Waals surface area contributed by atoms with Crippen LogP contribution in [0.3, 0.4) is 0 Å². The molecule has 2 aromatic rings. The smallest absolute Gasteiger partial charge is 0.408 e. The van der Waals surface area contributed by atoms with Gasteiger partial charge in [-0.3, -0.25) is 4.57 Å². The molecular weight excluding hydrogens is 242 g/mol. The molecule has 1 N–H and O–H groups in total. The van der Waals surface area contributed by atoms with Crippen molar-refractivity contribution in [3.05, 3.63) is 34.3 Å². The average Bonchev–Trinajstić information content (AvgIpc) is 2.63. The molecule has 0 saturated heterocycles. The fourth-order valence-corrected chi connectivity index (χ4v) is 2.73. The molecule has 1 saturated carbocycles. The van der Waals surface area contributed by atoms with E-state index >= 15 is 0 Å². The monoisotopic (exact) mass is 261 g/mol. The Morgan fingerprint density at radius 2 is 2.26 bits per heavy atom. The average molecular weight is 261 g/mol. The fourth-order valence-electron chi connectivity index (χ4n) is 2.73. The van der Waals surface area contributed by atoms with Crippen LogP contribution >= 0.6 is 0 Å². The van der Waals surface area contributed by atoms with Crippen molar-refractivity contribution >= 4 is 11.1 Å². The first-order valence-corrected chi connectivity index (χ1v) is 7.02. The van der Waals surface area contributed by atoms with Gasteiger partial charge >= 0.3 is 5.76 Å². The topological polar surface area (TPSA) is 55.4 Å². The van der Waals surface area contributed by atoms with E-state index in [9.17, 15) is 9.90 Å². The van der Waals surface area contributed by atoms with Crippen molar-refractivity contribution in [1.29, 1.82) is 0 Å². The first-order valence-electron chi connectivity index (χ1n) is 7.02. The summed E-state index contributed by atoms with van der Waals surface area (Å²) in [5, 5.41) is 10.3. The lowest BCUT2D eigenvalue weighted by Gasteiger charge is -2.30. The van der Waals surface area contributed by atoms with Crippen LogP contribution in [0.2, 0.25) is 0 Å². The maximum Gasteiger partial charge on any atom is 0.419 e. The van der Waals surface area contributed by atoms with Crippen molar-refractivity contribution in [3.63, 3.8) is 0 Å². The summed E-state index contributed by atoms with van der Waals surface area (Å²) >= 11 is 0. The molecule has 4 heteroatoms. The van der Waals surface area contributed by atoms with Gasteiger partial charge in [0.25, 0.3) is 0 Å². The predicted octanol–water partition coefficient (Wildman–Crippen LogP) is 2.84. The van der Waals surface area contributed by atoms with E-state index in [4.69, 9.17) is 4.42 Å². The Kier molecular flexibility index (Phi) is 3.19. The molecule has 3 rings (SSSR count). The van der Waals surface area contributed by atoms with Crippen LogP contribution in [0.5, 0.6) is 0 Å². The number of aromatic nitrogens is 1. The Balaban J connectivity index is 1.99. The summed E-state index contributed by atoms with van der Waals surface area (Å²) in [6.45, 7) is 2.69. The molecule has 0 spiro atoms. The molecule has 1 heterocycles. The van der Waals surface area contributed by atoms with Crippen LogP contribution in [0.25, 0.3) is 11.1 Å². The van der Waals surface area contributed by atoms with Gasteiger partial charge in [0.1, 0.15) is 0 Å². The van der Waals surface area contributed by atoms with E-state index in [1.165, 1.54) is 6.42 Å². The molecular formula is C15H19NO3.